The summed E-state index contributed by atoms with van der Waals surface area (Å²) in [4.78, 5) is 36.2. The molecule has 0 saturated heterocycles. The Morgan fingerprint density at radius 1 is 1.25 bits per heavy atom. The molecular weight excluding hydrogens is 262 g/mol. The van der Waals surface area contributed by atoms with Crippen molar-refractivity contribution in [3.8, 4) is 0 Å². The third kappa shape index (κ3) is 4.06. The summed E-state index contributed by atoms with van der Waals surface area (Å²) in [6.07, 6.45) is 0. The van der Waals surface area contributed by atoms with E-state index >= 15 is 0 Å². The minimum absolute atomic E-state index is 0.0405. The quantitative estimate of drug-likeness (QED) is 0.501. The van der Waals surface area contributed by atoms with Gasteiger partial charge in [-0.25, -0.2) is 0 Å². The number of anilines is 1. The molecule has 0 atom stereocenters. The number of nitrogens with zero attached hydrogens (tertiary/aromatic N) is 1. The highest BCUT2D eigenvalue weighted by Crippen LogP contribution is 2.05. The summed E-state index contributed by atoms with van der Waals surface area (Å²) in [5, 5.41) is 10.8. The molecule has 108 valence electrons. The number of benzene rings is 1. The van der Waals surface area contributed by atoms with Gasteiger partial charge < -0.3 is 15.7 Å². The molecule has 0 bridgehead atoms. The molecule has 0 aliphatic heterocycles. The monoisotopic (exact) mass is 279 g/mol. The van der Waals surface area contributed by atoms with Crippen molar-refractivity contribution in [3.05, 3.63) is 29.8 Å². The highest BCUT2D eigenvalue weighted by Gasteiger charge is 2.22. The Bertz CT molecular complexity index is 499. The van der Waals surface area contributed by atoms with Crippen LogP contribution in [0.15, 0.2) is 24.3 Å². The Hall–Kier alpha value is -2.41. The fraction of sp³-hybridized carbons (Fsp3) is 0.308. The van der Waals surface area contributed by atoms with Gasteiger partial charge in [-0.15, -0.1) is 0 Å². The molecule has 7 nitrogen and oxygen atoms in total. The van der Waals surface area contributed by atoms with E-state index in [0.29, 0.717) is 5.69 Å². The number of imide groups is 1. The zero-order chi connectivity index (χ0) is 15.1. The van der Waals surface area contributed by atoms with Crippen LogP contribution in [0.4, 0.5) is 5.69 Å². The van der Waals surface area contributed by atoms with E-state index < -0.39 is 17.7 Å². The van der Waals surface area contributed by atoms with Gasteiger partial charge in [0.25, 0.3) is 5.91 Å². The number of carbonyl (C=O) groups excluding carboxylic acids is 3. The fourth-order valence-corrected chi connectivity index (χ4v) is 1.53. The van der Waals surface area contributed by atoms with E-state index in [1.807, 2.05) is 5.32 Å². The first-order chi connectivity index (χ1) is 9.49. The number of nitrogens with one attached hydrogen (secondary N) is 1. The van der Waals surface area contributed by atoms with Crippen molar-refractivity contribution in [3.63, 3.8) is 0 Å². The number of nitrogen functional groups attached to an aromatic ring is 1. The lowest BCUT2D eigenvalue weighted by atomic mass is 10.2. The molecule has 0 aliphatic rings. The average molecular weight is 279 g/mol. The lowest BCUT2D eigenvalue weighted by Crippen LogP contribution is -2.45. The van der Waals surface area contributed by atoms with Gasteiger partial charge in [-0.3, -0.25) is 19.7 Å². The van der Waals surface area contributed by atoms with Gasteiger partial charge in [0.05, 0.1) is 6.61 Å². The predicted molar refractivity (Wildman–Crippen MR) is 72.7 cm³/mol. The standard InChI is InChI=1S/C13H17N3O4/c1-2-16(7-8-17)13(20)12(19)15-11(18)9-3-5-10(14)6-4-9/h3-6,17H,2,7-8,14H2,1H3,(H,15,18,19). The van der Waals surface area contributed by atoms with E-state index in [9.17, 15) is 14.4 Å². The maximum absolute atomic E-state index is 11.7. The van der Waals surface area contributed by atoms with Crippen molar-refractivity contribution < 1.29 is 19.5 Å². The van der Waals surface area contributed by atoms with Crippen molar-refractivity contribution in [2.24, 2.45) is 0 Å². The van der Waals surface area contributed by atoms with Crippen LogP contribution in [0, 0.1) is 0 Å². The summed E-state index contributed by atoms with van der Waals surface area (Å²) in [6.45, 7) is 1.73. The topological polar surface area (TPSA) is 113 Å². The van der Waals surface area contributed by atoms with E-state index in [-0.39, 0.29) is 25.3 Å². The number of aliphatic hydroxyl groups excluding tert-OH is 1. The zero-order valence-corrected chi connectivity index (χ0v) is 11.1. The molecule has 0 radical (unpaired) electrons. The molecule has 20 heavy (non-hydrogen) atoms. The third-order valence-corrected chi connectivity index (χ3v) is 2.63. The van der Waals surface area contributed by atoms with Crippen LogP contribution >= 0.6 is 0 Å². The van der Waals surface area contributed by atoms with Gasteiger partial charge in [-0.05, 0) is 31.2 Å². The van der Waals surface area contributed by atoms with Gasteiger partial charge >= 0.3 is 11.8 Å². The second-order valence-electron chi connectivity index (χ2n) is 4.01. The van der Waals surface area contributed by atoms with Gasteiger partial charge in [-0.1, -0.05) is 0 Å². The second kappa shape index (κ2) is 7.25. The van der Waals surface area contributed by atoms with Crippen LogP contribution < -0.4 is 11.1 Å². The van der Waals surface area contributed by atoms with Crippen LogP contribution in [0.2, 0.25) is 0 Å². The lowest BCUT2D eigenvalue weighted by molar-refractivity contribution is -0.145. The van der Waals surface area contributed by atoms with Gasteiger partial charge in [0, 0.05) is 24.3 Å². The van der Waals surface area contributed by atoms with E-state index in [1.165, 1.54) is 24.3 Å². The molecule has 4 N–H and O–H groups in total. The van der Waals surface area contributed by atoms with Crippen molar-refractivity contribution in [2.45, 2.75) is 6.92 Å². The minimum atomic E-state index is -1.03. The summed E-state index contributed by atoms with van der Waals surface area (Å²) in [6, 6.07) is 5.94. The van der Waals surface area contributed by atoms with Gasteiger partial charge in [0.2, 0.25) is 0 Å². The molecular formula is C13H17N3O4. The SMILES string of the molecule is CCN(CCO)C(=O)C(=O)NC(=O)c1ccc(N)cc1. The van der Waals surface area contributed by atoms with Crippen LogP contribution in [0.3, 0.4) is 0 Å². The Morgan fingerprint density at radius 3 is 2.35 bits per heavy atom. The number of amides is 3. The molecule has 0 aromatic heterocycles. The maximum atomic E-state index is 11.7. The molecule has 0 saturated carbocycles. The number of aliphatic hydroxyl groups is 1. The normalized spacial score (nSPS) is 9.90. The number of nitrogens with two attached hydrogens (primary N) is 1. The van der Waals surface area contributed by atoms with Gasteiger partial charge in [-0.2, -0.15) is 0 Å². The molecule has 7 heteroatoms. The minimum Gasteiger partial charge on any atom is -0.399 e. The van der Waals surface area contributed by atoms with Crippen LogP contribution in [-0.2, 0) is 9.59 Å². The van der Waals surface area contributed by atoms with E-state index in [1.54, 1.807) is 6.92 Å². The highest BCUT2D eigenvalue weighted by molar-refractivity contribution is 6.38. The van der Waals surface area contributed by atoms with Crippen LogP contribution in [0.25, 0.3) is 0 Å². The Kier molecular flexibility index (Phi) is 5.67. The molecule has 0 aliphatic carbocycles. The number of likely N-dealkylation sites (N-methyl/N-ethyl adjacent to an activating group) is 1. The maximum Gasteiger partial charge on any atom is 0.316 e. The third-order valence-electron chi connectivity index (χ3n) is 2.63. The summed E-state index contributed by atoms with van der Waals surface area (Å²) in [7, 11) is 0. The van der Waals surface area contributed by atoms with Gasteiger partial charge in [0.15, 0.2) is 0 Å². The summed E-state index contributed by atoms with van der Waals surface area (Å²) in [5.41, 5.74) is 6.20. The fourth-order valence-electron chi connectivity index (χ4n) is 1.53. The summed E-state index contributed by atoms with van der Waals surface area (Å²) in [5.74, 6) is -2.56. The molecule has 0 fully saturated rings. The van der Waals surface area contributed by atoms with Crippen molar-refractivity contribution in [1.29, 1.82) is 0 Å². The molecule has 0 spiro atoms. The zero-order valence-electron chi connectivity index (χ0n) is 11.1. The number of carbonyl (C=O) groups is 3. The van der Waals surface area contributed by atoms with E-state index in [2.05, 4.69) is 0 Å². The van der Waals surface area contributed by atoms with Gasteiger partial charge in [0.1, 0.15) is 0 Å². The van der Waals surface area contributed by atoms with Crippen molar-refractivity contribution in [1.82, 2.24) is 10.2 Å². The first-order valence-corrected chi connectivity index (χ1v) is 6.10. The second-order valence-corrected chi connectivity index (χ2v) is 4.01. The Labute approximate surface area is 116 Å². The molecule has 0 unspecified atom stereocenters. The first-order valence-electron chi connectivity index (χ1n) is 6.10. The highest BCUT2D eigenvalue weighted by atomic mass is 16.3. The smallest absolute Gasteiger partial charge is 0.316 e. The predicted octanol–water partition coefficient (Wildman–Crippen LogP) is -0.634. The lowest BCUT2D eigenvalue weighted by Gasteiger charge is -2.18. The summed E-state index contributed by atoms with van der Waals surface area (Å²) >= 11 is 0. The largest absolute Gasteiger partial charge is 0.399 e. The average Bonchev–Trinajstić information content (AvgIpc) is 2.44. The van der Waals surface area contributed by atoms with Crippen LogP contribution in [0.5, 0.6) is 0 Å². The van der Waals surface area contributed by atoms with Crippen molar-refractivity contribution in [2.75, 3.05) is 25.4 Å². The van der Waals surface area contributed by atoms with E-state index in [4.69, 9.17) is 10.8 Å². The van der Waals surface area contributed by atoms with Crippen LogP contribution in [0.1, 0.15) is 17.3 Å². The van der Waals surface area contributed by atoms with Crippen LogP contribution in [-0.4, -0.2) is 47.4 Å². The Balaban J connectivity index is 2.67. The number of hydrogen-bond acceptors (Lipinski definition) is 5. The molecule has 1 rings (SSSR count). The Morgan fingerprint density at radius 2 is 1.85 bits per heavy atom. The molecule has 1 aromatic rings. The first kappa shape index (κ1) is 15.6. The number of rotatable bonds is 4. The van der Waals surface area contributed by atoms with E-state index in [0.717, 1.165) is 4.90 Å². The molecule has 1 aromatic carbocycles. The van der Waals surface area contributed by atoms with Crippen molar-refractivity contribution >= 4 is 23.4 Å². The molecule has 3 amide bonds. The number of hydrogen-bond donors (Lipinski definition) is 3. The molecule has 0 heterocycles. The summed E-state index contributed by atoms with van der Waals surface area (Å²) < 4.78 is 0.